The Bertz CT molecular complexity index is 916. The number of aromatic nitrogens is 1. The fourth-order valence-corrected chi connectivity index (χ4v) is 5.01. The van der Waals surface area contributed by atoms with Gasteiger partial charge >= 0.3 is 0 Å². The summed E-state index contributed by atoms with van der Waals surface area (Å²) in [5, 5.41) is 4.55. The minimum Gasteiger partial charge on any atom is -0.352 e. The molecule has 0 saturated carbocycles. The van der Waals surface area contributed by atoms with Gasteiger partial charge in [0.05, 0.1) is 5.56 Å². The maximum Gasteiger partial charge on any atom is 0.258 e. The van der Waals surface area contributed by atoms with Gasteiger partial charge in [-0.25, -0.2) is 0 Å². The molecule has 4 rings (SSSR count). The Morgan fingerprint density at radius 3 is 2.64 bits per heavy atom. The summed E-state index contributed by atoms with van der Waals surface area (Å²) in [7, 11) is 0. The fourth-order valence-electron chi connectivity index (χ4n) is 5.01. The molecule has 5 heteroatoms. The number of carbonyl (C=O) groups excluding carboxylic acids is 1. The third-order valence-electron chi connectivity index (χ3n) is 6.50. The molecule has 1 aromatic carbocycles. The van der Waals surface area contributed by atoms with Crippen molar-refractivity contribution in [3.63, 3.8) is 0 Å². The molecule has 2 aliphatic rings. The molecule has 0 spiro atoms. The molecule has 2 aliphatic heterocycles. The monoisotopic (exact) mass is 381 g/mol. The number of amides is 1. The maximum atomic E-state index is 13.1. The summed E-state index contributed by atoms with van der Waals surface area (Å²) in [6.07, 6.45) is 8.00. The number of fused-ring (bicyclic) bond motifs is 2. The summed E-state index contributed by atoms with van der Waals surface area (Å²) in [6.45, 7) is 7.07. The molecular weight excluding hydrogens is 350 g/mol. The highest BCUT2D eigenvalue weighted by molar-refractivity contribution is 6.06. The lowest BCUT2D eigenvalue weighted by molar-refractivity contribution is 0.0576. The van der Waals surface area contributed by atoms with E-state index in [2.05, 4.69) is 10.2 Å². The summed E-state index contributed by atoms with van der Waals surface area (Å²) in [5.74, 6) is 0.457. The van der Waals surface area contributed by atoms with E-state index in [9.17, 15) is 9.59 Å². The van der Waals surface area contributed by atoms with E-state index in [-0.39, 0.29) is 17.5 Å². The van der Waals surface area contributed by atoms with E-state index in [1.165, 1.54) is 45.2 Å². The second-order valence-electron chi connectivity index (χ2n) is 8.61. The van der Waals surface area contributed by atoms with Crippen molar-refractivity contribution in [2.24, 2.45) is 5.92 Å². The van der Waals surface area contributed by atoms with Crippen LogP contribution in [0.25, 0.3) is 10.8 Å². The van der Waals surface area contributed by atoms with Crippen LogP contribution >= 0.6 is 0 Å². The number of piperidine rings is 2. The van der Waals surface area contributed by atoms with Gasteiger partial charge in [-0.1, -0.05) is 24.6 Å². The van der Waals surface area contributed by atoms with Crippen LogP contribution in [0, 0.1) is 5.92 Å². The average molecular weight is 382 g/mol. The van der Waals surface area contributed by atoms with Crippen LogP contribution in [0.4, 0.5) is 0 Å². The number of carbonyl (C=O) groups is 1. The molecule has 2 saturated heterocycles. The number of hydrogen-bond acceptors (Lipinski definition) is 3. The summed E-state index contributed by atoms with van der Waals surface area (Å²) in [5.41, 5.74) is 0.562. The predicted molar refractivity (Wildman–Crippen MR) is 113 cm³/mol. The zero-order chi connectivity index (χ0) is 19.7. The number of nitrogens with zero attached hydrogens (tertiary/aromatic N) is 2. The Labute approximate surface area is 166 Å². The van der Waals surface area contributed by atoms with Gasteiger partial charge in [0, 0.05) is 35.6 Å². The second kappa shape index (κ2) is 8.08. The summed E-state index contributed by atoms with van der Waals surface area (Å²) >= 11 is 0. The molecule has 1 amide bonds. The summed E-state index contributed by atoms with van der Waals surface area (Å²) in [6, 6.07) is 8.06. The molecular formula is C23H31N3O2. The van der Waals surface area contributed by atoms with Crippen molar-refractivity contribution in [2.75, 3.05) is 19.6 Å². The first-order valence-electron chi connectivity index (χ1n) is 10.7. The summed E-state index contributed by atoms with van der Waals surface area (Å²) < 4.78 is 1.67. The van der Waals surface area contributed by atoms with Crippen LogP contribution in [-0.4, -0.2) is 41.1 Å². The highest BCUT2D eigenvalue weighted by atomic mass is 16.2. The highest BCUT2D eigenvalue weighted by Crippen LogP contribution is 2.30. The standard InChI is InChI=1S/C23H31N3O2/c1-16(2)26-15-20(18-9-3-4-10-19(18)23(26)28)22(27)24-14-17-8-7-13-25-12-6-5-11-21(17)25/h3-4,9-10,15-17,21H,5-8,11-14H2,1-2H3,(H,24,27)/t17-,21-/m1/s1. The van der Waals surface area contributed by atoms with Gasteiger partial charge in [-0.3, -0.25) is 9.59 Å². The quantitative estimate of drug-likeness (QED) is 0.881. The van der Waals surface area contributed by atoms with Crippen molar-refractivity contribution in [1.82, 2.24) is 14.8 Å². The van der Waals surface area contributed by atoms with Crippen LogP contribution in [0.1, 0.15) is 62.4 Å². The molecule has 2 aromatic rings. The van der Waals surface area contributed by atoms with Crippen molar-refractivity contribution in [2.45, 2.75) is 58.0 Å². The predicted octanol–water partition coefficient (Wildman–Crippen LogP) is 3.58. The molecule has 5 nitrogen and oxygen atoms in total. The zero-order valence-corrected chi connectivity index (χ0v) is 17.0. The van der Waals surface area contributed by atoms with Crippen LogP contribution in [0.3, 0.4) is 0 Å². The molecule has 28 heavy (non-hydrogen) atoms. The van der Waals surface area contributed by atoms with Crippen LogP contribution < -0.4 is 10.9 Å². The van der Waals surface area contributed by atoms with Gasteiger partial charge in [0.25, 0.3) is 11.5 Å². The lowest BCUT2D eigenvalue weighted by atomic mass is 9.83. The first-order chi connectivity index (χ1) is 13.6. The minimum atomic E-state index is -0.0708. The van der Waals surface area contributed by atoms with Gasteiger partial charge in [0.2, 0.25) is 0 Å². The molecule has 0 unspecified atom stereocenters. The Balaban J connectivity index is 1.57. The Hall–Kier alpha value is -2.14. The van der Waals surface area contributed by atoms with E-state index < -0.39 is 0 Å². The van der Waals surface area contributed by atoms with E-state index in [4.69, 9.17) is 0 Å². The SMILES string of the molecule is CC(C)n1cc(C(=O)NC[C@H]2CCCN3CCCC[C@H]23)c2ccccc2c1=O. The van der Waals surface area contributed by atoms with Crippen LogP contribution in [0.2, 0.25) is 0 Å². The lowest BCUT2D eigenvalue weighted by Gasteiger charge is -2.44. The van der Waals surface area contributed by atoms with E-state index >= 15 is 0 Å². The number of benzene rings is 1. The van der Waals surface area contributed by atoms with Crippen molar-refractivity contribution in [3.05, 3.63) is 46.4 Å². The van der Waals surface area contributed by atoms with E-state index in [0.29, 0.717) is 22.9 Å². The van der Waals surface area contributed by atoms with Crippen molar-refractivity contribution in [1.29, 1.82) is 0 Å². The van der Waals surface area contributed by atoms with Crippen LogP contribution in [-0.2, 0) is 0 Å². The van der Waals surface area contributed by atoms with Gasteiger partial charge in [0.1, 0.15) is 0 Å². The van der Waals surface area contributed by atoms with Crippen LogP contribution in [0.5, 0.6) is 0 Å². The number of rotatable bonds is 4. The van der Waals surface area contributed by atoms with E-state index in [0.717, 1.165) is 11.9 Å². The number of hydrogen-bond donors (Lipinski definition) is 1. The molecule has 0 bridgehead atoms. The van der Waals surface area contributed by atoms with E-state index in [1.54, 1.807) is 10.8 Å². The highest BCUT2D eigenvalue weighted by Gasteiger charge is 2.33. The van der Waals surface area contributed by atoms with Crippen LogP contribution in [0.15, 0.2) is 35.3 Å². The molecule has 0 aliphatic carbocycles. The zero-order valence-electron chi connectivity index (χ0n) is 17.0. The molecule has 2 fully saturated rings. The normalized spacial score (nSPS) is 23.0. The average Bonchev–Trinajstić information content (AvgIpc) is 2.72. The number of nitrogens with one attached hydrogen (secondary N) is 1. The van der Waals surface area contributed by atoms with Crippen molar-refractivity contribution >= 4 is 16.7 Å². The van der Waals surface area contributed by atoms with Gasteiger partial charge in [-0.05, 0) is 64.6 Å². The third-order valence-corrected chi connectivity index (χ3v) is 6.50. The Morgan fingerprint density at radius 1 is 1.11 bits per heavy atom. The smallest absolute Gasteiger partial charge is 0.258 e. The fraction of sp³-hybridized carbons (Fsp3) is 0.565. The Kier molecular flexibility index (Phi) is 5.54. The molecule has 1 aromatic heterocycles. The van der Waals surface area contributed by atoms with Crippen molar-refractivity contribution in [3.8, 4) is 0 Å². The first-order valence-corrected chi connectivity index (χ1v) is 10.7. The molecule has 0 radical (unpaired) electrons. The molecule has 150 valence electrons. The molecule has 1 N–H and O–H groups in total. The maximum absolute atomic E-state index is 13.1. The minimum absolute atomic E-state index is 0.0118. The topological polar surface area (TPSA) is 54.3 Å². The van der Waals surface area contributed by atoms with Gasteiger partial charge in [-0.15, -0.1) is 0 Å². The van der Waals surface area contributed by atoms with Crippen molar-refractivity contribution < 1.29 is 4.79 Å². The molecule has 2 atom stereocenters. The van der Waals surface area contributed by atoms with E-state index in [1.807, 2.05) is 38.1 Å². The number of pyridine rings is 1. The van der Waals surface area contributed by atoms with Gasteiger partial charge in [-0.2, -0.15) is 0 Å². The largest absolute Gasteiger partial charge is 0.352 e. The summed E-state index contributed by atoms with van der Waals surface area (Å²) in [4.78, 5) is 28.5. The second-order valence-corrected chi connectivity index (χ2v) is 8.61. The third kappa shape index (κ3) is 3.60. The molecule has 3 heterocycles. The first kappa shape index (κ1) is 19.2. The van der Waals surface area contributed by atoms with Gasteiger partial charge in [0.15, 0.2) is 0 Å². The lowest BCUT2D eigenvalue weighted by Crippen LogP contribution is -2.51. The van der Waals surface area contributed by atoms with Gasteiger partial charge < -0.3 is 14.8 Å². The Morgan fingerprint density at radius 2 is 1.86 bits per heavy atom.